The van der Waals surface area contributed by atoms with Gasteiger partial charge in [-0.2, -0.15) is 0 Å². The van der Waals surface area contributed by atoms with Crippen LogP contribution in [0.15, 0.2) is 24.3 Å². The summed E-state index contributed by atoms with van der Waals surface area (Å²) < 4.78 is 5.24. The maximum absolute atomic E-state index is 12.7. The number of aromatic nitrogens is 1. The molecule has 3 rings (SSSR count). The number of likely N-dealkylation sites (tertiary alicyclic amines) is 1. The topological polar surface area (TPSA) is 54.5 Å². The Morgan fingerprint density at radius 2 is 1.96 bits per heavy atom. The Kier molecular flexibility index (Phi) is 7.45. The van der Waals surface area contributed by atoms with Gasteiger partial charge < -0.3 is 15.0 Å². The van der Waals surface area contributed by atoms with Crippen LogP contribution in [0, 0.1) is 6.92 Å². The molecule has 0 unspecified atom stereocenters. The first-order valence-corrected chi connectivity index (χ1v) is 11.0. The van der Waals surface area contributed by atoms with Gasteiger partial charge in [0, 0.05) is 23.0 Å². The Morgan fingerprint density at radius 1 is 1.25 bits per heavy atom. The van der Waals surface area contributed by atoms with Crippen LogP contribution in [0.4, 0.5) is 0 Å². The predicted molar refractivity (Wildman–Crippen MR) is 115 cm³/mol. The summed E-state index contributed by atoms with van der Waals surface area (Å²) in [5.41, 5.74) is 1.93. The van der Waals surface area contributed by atoms with E-state index in [1.807, 2.05) is 31.2 Å². The minimum atomic E-state index is 0.0854. The molecule has 1 N–H and O–H groups in total. The van der Waals surface area contributed by atoms with Crippen LogP contribution in [0.2, 0.25) is 0 Å². The smallest absolute Gasteiger partial charge is 0.225 e. The minimum absolute atomic E-state index is 0.0854. The average Bonchev–Trinajstić information content (AvgIpc) is 3.08. The Bertz CT molecular complexity index is 767. The molecule has 1 aliphatic heterocycles. The van der Waals surface area contributed by atoms with Crippen molar-refractivity contribution in [1.82, 2.24) is 15.2 Å². The van der Waals surface area contributed by atoms with Gasteiger partial charge in [0.2, 0.25) is 5.91 Å². The molecule has 1 aromatic carbocycles. The van der Waals surface area contributed by atoms with Crippen LogP contribution in [0.25, 0.3) is 11.3 Å². The number of thiazole rings is 1. The van der Waals surface area contributed by atoms with E-state index in [1.54, 1.807) is 18.4 Å². The van der Waals surface area contributed by atoms with E-state index in [9.17, 15) is 4.79 Å². The Hall–Kier alpha value is -1.92. The molecule has 1 atom stereocenters. The lowest BCUT2D eigenvalue weighted by Crippen LogP contribution is -2.45. The second-order valence-electron chi connectivity index (χ2n) is 7.44. The van der Waals surface area contributed by atoms with Crippen LogP contribution in [-0.2, 0) is 11.2 Å². The molecule has 2 aromatic rings. The maximum Gasteiger partial charge on any atom is 0.225 e. The second-order valence-corrected chi connectivity index (χ2v) is 8.73. The number of rotatable bonds is 8. The van der Waals surface area contributed by atoms with Crippen LogP contribution >= 0.6 is 11.3 Å². The highest BCUT2D eigenvalue weighted by atomic mass is 32.1. The first-order chi connectivity index (χ1) is 13.6. The monoisotopic (exact) mass is 401 g/mol. The van der Waals surface area contributed by atoms with Gasteiger partial charge in [0.15, 0.2) is 0 Å². The second kappa shape index (κ2) is 10.0. The van der Waals surface area contributed by atoms with Gasteiger partial charge in [-0.15, -0.1) is 11.3 Å². The molecule has 6 heteroatoms. The molecule has 1 aliphatic rings. The Morgan fingerprint density at radius 3 is 2.61 bits per heavy atom. The van der Waals surface area contributed by atoms with Crippen molar-refractivity contribution in [2.24, 2.45) is 0 Å². The van der Waals surface area contributed by atoms with Gasteiger partial charge >= 0.3 is 0 Å². The molecule has 0 bridgehead atoms. The van der Waals surface area contributed by atoms with Crippen molar-refractivity contribution in [1.29, 1.82) is 0 Å². The van der Waals surface area contributed by atoms with Crippen molar-refractivity contribution in [3.63, 3.8) is 0 Å². The van der Waals surface area contributed by atoms with Crippen LogP contribution < -0.4 is 10.1 Å². The molecule has 1 amide bonds. The molecule has 0 aliphatic carbocycles. The number of methoxy groups -OCH3 is 1. The molecule has 1 saturated heterocycles. The van der Waals surface area contributed by atoms with E-state index < -0.39 is 0 Å². The van der Waals surface area contributed by atoms with Crippen LogP contribution in [0.3, 0.4) is 0 Å². The molecular weight excluding hydrogens is 370 g/mol. The normalized spacial score (nSPS) is 16.0. The quantitative estimate of drug-likeness (QED) is 0.725. The maximum atomic E-state index is 12.7. The zero-order chi connectivity index (χ0) is 19.9. The third-order valence-electron chi connectivity index (χ3n) is 5.27. The first-order valence-electron chi connectivity index (χ1n) is 10.2. The van der Waals surface area contributed by atoms with E-state index in [2.05, 4.69) is 22.1 Å². The highest BCUT2D eigenvalue weighted by Gasteiger charge is 2.19. The van der Waals surface area contributed by atoms with E-state index >= 15 is 0 Å². The zero-order valence-electron chi connectivity index (χ0n) is 17.2. The van der Waals surface area contributed by atoms with Crippen LogP contribution in [0.1, 0.15) is 42.5 Å². The number of carbonyl (C=O) groups excluding carboxylic acids is 1. The van der Waals surface area contributed by atoms with Crippen molar-refractivity contribution in [2.45, 2.75) is 52.0 Å². The highest BCUT2D eigenvalue weighted by Crippen LogP contribution is 2.29. The number of carbonyl (C=O) groups is 1. The summed E-state index contributed by atoms with van der Waals surface area (Å²) in [6.07, 6.45) is 5.21. The van der Waals surface area contributed by atoms with Gasteiger partial charge in [-0.1, -0.05) is 13.3 Å². The molecule has 0 spiro atoms. The molecule has 0 radical (unpaired) electrons. The molecule has 1 aromatic heterocycles. The third kappa shape index (κ3) is 5.55. The largest absolute Gasteiger partial charge is 0.497 e. The molecule has 0 saturated carbocycles. The number of hydrogen-bond acceptors (Lipinski definition) is 5. The lowest BCUT2D eigenvalue weighted by Gasteiger charge is -2.30. The molecule has 152 valence electrons. The number of amides is 1. The standard InChI is InChI=1S/C22H31N3O2S/c1-4-18(15-25-12-6-5-7-13-25)24-21(26)14-20-22(23-16(2)28-20)17-8-10-19(27-3)11-9-17/h8-11,18H,4-7,12-15H2,1-3H3,(H,24,26)/t18-/m1/s1. The lowest BCUT2D eigenvalue weighted by atomic mass is 10.1. The highest BCUT2D eigenvalue weighted by molar-refractivity contribution is 7.12. The summed E-state index contributed by atoms with van der Waals surface area (Å²) in [4.78, 5) is 20.9. The van der Waals surface area contributed by atoms with Gasteiger partial charge in [0.25, 0.3) is 0 Å². The SMILES string of the molecule is CC[C@H](CN1CCCCC1)NC(=O)Cc1sc(C)nc1-c1ccc(OC)cc1. The van der Waals surface area contributed by atoms with E-state index in [0.29, 0.717) is 6.42 Å². The number of nitrogens with zero attached hydrogens (tertiary/aromatic N) is 2. The van der Waals surface area contributed by atoms with Crippen molar-refractivity contribution < 1.29 is 9.53 Å². The number of hydrogen-bond donors (Lipinski definition) is 1. The zero-order valence-corrected chi connectivity index (χ0v) is 18.0. The summed E-state index contributed by atoms with van der Waals surface area (Å²) in [6, 6.07) is 8.07. The van der Waals surface area contributed by atoms with Gasteiger partial charge in [-0.25, -0.2) is 4.98 Å². The van der Waals surface area contributed by atoms with Crippen molar-refractivity contribution >= 4 is 17.2 Å². The summed E-state index contributed by atoms with van der Waals surface area (Å²) >= 11 is 1.60. The van der Waals surface area contributed by atoms with Crippen molar-refractivity contribution in [3.05, 3.63) is 34.2 Å². The Labute approximate surface area is 172 Å². The minimum Gasteiger partial charge on any atom is -0.497 e. The fraction of sp³-hybridized carbons (Fsp3) is 0.545. The third-order valence-corrected chi connectivity index (χ3v) is 6.24. The fourth-order valence-corrected chi connectivity index (χ4v) is 4.68. The van der Waals surface area contributed by atoms with E-state index in [1.165, 1.54) is 19.3 Å². The molecule has 28 heavy (non-hydrogen) atoms. The van der Waals surface area contributed by atoms with Gasteiger partial charge in [0.05, 0.1) is 24.2 Å². The van der Waals surface area contributed by atoms with Gasteiger partial charge in [-0.3, -0.25) is 4.79 Å². The summed E-state index contributed by atoms with van der Waals surface area (Å²) in [5, 5.41) is 4.23. The van der Waals surface area contributed by atoms with Gasteiger partial charge in [0.1, 0.15) is 5.75 Å². The molecule has 2 heterocycles. The van der Waals surface area contributed by atoms with E-state index in [0.717, 1.165) is 52.9 Å². The fourth-order valence-electron chi connectivity index (χ4n) is 3.72. The number of ether oxygens (including phenoxy) is 1. The summed E-state index contributed by atoms with van der Waals surface area (Å²) in [6.45, 7) is 7.40. The van der Waals surface area contributed by atoms with Crippen LogP contribution in [-0.4, -0.2) is 48.6 Å². The van der Waals surface area contributed by atoms with Crippen LogP contribution in [0.5, 0.6) is 5.75 Å². The van der Waals surface area contributed by atoms with E-state index in [4.69, 9.17) is 4.74 Å². The Balaban J connectivity index is 1.64. The number of aryl methyl sites for hydroxylation is 1. The molecule has 1 fully saturated rings. The summed E-state index contributed by atoms with van der Waals surface area (Å²) in [5.74, 6) is 0.903. The first kappa shape index (κ1) is 20.8. The van der Waals surface area contributed by atoms with Crippen molar-refractivity contribution in [3.8, 4) is 17.0 Å². The van der Waals surface area contributed by atoms with Gasteiger partial charge in [-0.05, 0) is 63.5 Å². The average molecular weight is 402 g/mol. The predicted octanol–water partition coefficient (Wildman–Crippen LogP) is 4.05. The lowest BCUT2D eigenvalue weighted by molar-refractivity contribution is -0.121. The summed E-state index contributed by atoms with van der Waals surface area (Å²) in [7, 11) is 1.66. The molecule has 5 nitrogen and oxygen atoms in total. The van der Waals surface area contributed by atoms with E-state index in [-0.39, 0.29) is 11.9 Å². The number of benzene rings is 1. The molecular formula is C22H31N3O2S. The number of piperidine rings is 1. The van der Waals surface area contributed by atoms with Crippen molar-refractivity contribution in [2.75, 3.05) is 26.7 Å². The number of nitrogens with one attached hydrogen (secondary N) is 1.